The molecule has 2 N–H and O–H groups in total. The normalized spacial score (nSPS) is 11.8. The zero-order valence-electron chi connectivity index (χ0n) is 16.1. The van der Waals surface area contributed by atoms with Crippen LogP contribution in [0, 0.1) is 0 Å². The van der Waals surface area contributed by atoms with Gasteiger partial charge in [-0.25, -0.2) is 21.8 Å². The van der Waals surface area contributed by atoms with Crippen LogP contribution in [0.4, 0.5) is 10.8 Å². The molecule has 0 saturated heterocycles. The number of anilines is 2. The summed E-state index contributed by atoms with van der Waals surface area (Å²) in [5, 5.41) is 4.05. The summed E-state index contributed by atoms with van der Waals surface area (Å²) in [4.78, 5) is 16.4. The number of amides is 1. The monoisotopic (exact) mass is 489 g/mol. The van der Waals surface area contributed by atoms with Crippen molar-refractivity contribution < 1.29 is 26.0 Å². The highest BCUT2D eigenvalue weighted by molar-refractivity contribution is 7.93. The zero-order valence-corrected chi connectivity index (χ0v) is 18.6. The molecule has 2 heterocycles. The van der Waals surface area contributed by atoms with Crippen molar-refractivity contribution in [2.45, 2.75) is 14.9 Å². The summed E-state index contributed by atoms with van der Waals surface area (Å²) < 4.78 is 57.5. The van der Waals surface area contributed by atoms with Gasteiger partial charge in [0.2, 0.25) is 14.9 Å². The lowest BCUT2D eigenvalue weighted by atomic mass is 10.3. The second-order valence-electron chi connectivity index (χ2n) is 6.36. The number of sulfonamides is 1. The van der Waals surface area contributed by atoms with Gasteiger partial charge in [-0.05, 0) is 48.5 Å². The smallest absolute Gasteiger partial charge is 0.291 e. The Morgan fingerprint density at radius 1 is 0.875 bits per heavy atom. The average Bonchev–Trinajstić information content (AvgIpc) is 3.47. The Balaban J connectivity index is 1.47. The Morgan fingerprint density at radius 2 is 1.59 bits per heavy atom. The molecule has 0 bridgehead atoms. The number of hydrogen-bond donors (Lipinski definition) is 2. The van der Waals surface area contributed by atoms with E-state index in [0.717, 1.165) is 11.3 Å². The molecule has 1 amide bonds. The number of benzene rings is 2. The van der Waals surface area contributed by atoms with Gasteiger partial charge in [0.1, 0.15) is 0 Å². The molecule has 0 radical (unpaired) electrons. The largest absolute Gasteiger partial charge is 0.439 e. The van der Waals surface area contributed by atoms with Crippen LogP contribution in [0.5, 0.6) is 0 Å². The van der Waals surface area contributed by atoms with Gasteiger partial charge in [0, 0.05) is 17.3 Å². The van der Waals surface area contributed by atoms with Crippen LogP contribution in [-0.4, -0.2) is 27.7 Å². The van der Waals surface area contributed by atoms with Gasteiger partial charge >= 0.3 is 0 Å². The summed E-state index contributed by atoms with van der Waals surface area (Å²) in [6.07, 6.45) is 1.48. The molecule has 32 heavy (non-hydrogen) atoms. The minimum Gasteiger partial charge on any atom is -0.439 e. The standard InChI is InChI=1S/C20H15N3O6S3/c24-19(17-10-11-18(29-17)31(25,26)15-4-2-1-3-5-15)22-14-6-8-16(9-7-14)32(27,28)23-20-21-12-13-30-20/h1-13H,(H,21,23)(H,22,24). The number of furan rings is 1. The molecule has 0 spiro atoms. The third-order valence-corrected chi connectivity index (χ3v) is 8.01. The van der Waals surface area contributed by atoms with Crippen LogP contribution in [0.2, 0.25) is 0 Å². The predicted octanol–water partition coefficient (Wildman–Crippen LogP) is 3.62. The van der Waals surface area contributed by atoms with Crippen molar-refractivity contribution in [3.63, 3.8) is 0 Å². The highest BCUT2D eigenvalue weighted by atomic mass is 32.2. The van der Waals surface area contributed by atoms with Crippen LogP contribution in [0.15, 0.2) is 97.6 Å². The second-order valence-corrected chi connectivity index (χ2v) is 10.8. The lowest BCUT2D eigenvalue weighted by Crippen LogP contribution is -2.14. The Hall–Kier alpha value is -3.48. The number of sulfone groups is 1. The van der Waals surface area contributed by atoms with Crippen LogP contribution in [0.25, 0.3) is 0 Å². The van der Waals surface area contributed by atoms with Gasteiger partial charge < -0.3 is 9.73 Å². The fraction of sp³-hybridized carbons (Fsp3) is 0. The number of nitrogens with one attached hydrogen (secondary N) is 2. The summed E-state index contributed by atoms with van der Waals surface area (Å²) >= 11 is 1.14. The number of nitrogens with zero attached hydrogens (tertiary/aromatic N) is 1. The van der Waals surface area contributed by atoms with Crippen LogP contribution in [-0.2, 0) is 19.9 Å². The van der Waals surface area contributed by atoms with Gasteiger partial charge in [0.05, 0.1) is 9.79 Å². The summed E-state index contributed by atoms with van der Waals surface area (Å²) in [6, 6.07) is 15.6. The number of carbonyl (C=O) groups is 1. The molecule has 0 aliphatic heterocycles. The number of aromatic nitrogens is 1. The van der Waals surface area contributed by atoms with Crippen molar-refractivity contribution in [1.29, 1.82) is 0 Å². The number of carbonyl (C=O) groups excluding carboxylic acids is 1. The highest BCUT2D eigenvalue weighted by Crippen LogP contribution is 2.24. The van der Waals surface area contributed by atoms with E-state index in [4.69, 9.17) is 4.42 Å². The fourth-order valence-electron chi connectivity index (χ4n) is 2.66. The van der Waals surface area contributed by atoms with Crippen molar-refractivity contribution in [2.75, 3.05) is 10.0 Å². The molecule has 2 aromatic carbocycles. The topological polar surface area (TPSA) is 135 Å². The molecule has 12 heteroatoms. The van der Waals surface area contributed by atoms with Crippen molar-refractivity contribution in [1.82, 2.24) is 4.98 Å². The molecule has 0 unspecified atom stereocenters. The lowest BCUT2D eigenvalue weighted by molar-refractivity contribution is 0.0991. The average molecular weight is 490 g/mol. The molecule has 0 aliphatic rings. The quantitative estimate of drug-likeness (QED) is 0.405. The van der Waals surface area contributed by atoms with Gasteiger partial charge in [0.25, 0.3) is 15.9 Å². The van der Waals surface area contributed by atoms with Crippen molar-refractivity contribution in [3.05, 3.63) is 84.1 Å². The van der Waals surface area contributed by atoms with E-state index in [2.05, 4.69) is 15.0 Å². The molecule has 0 saturated carbocycles. The third kappa shape index (κ3) is 4.56. The molecule has 2 aromatic heterocycles. The van der Waals surface area contributed by atoms with E-state index in [1.807, 2.05) is 0 Å². The minimum atomic E-state index is -3.89. The Labute approximate surface area is 187 Å². The number of thiazole rings is 1. The van der Waals surface area contributed by atoms with Gasteiger partial charge in [-0.1, -0.05) is 18.2 Å². The summed E-state index contributed by atoms with van der Waals surface area (Å²) in [7, 11) is -7.71. The van der Waals surface area contributed by atoms with Crippen LogP contribution in [0.3, 0.4) is 0 Å². The molecular weight excluding hydrogens is 474 g/mol. The molecular formula is C20H15N3O6S3. The van der Waals surface area contributed by atoms with Crippen molar-refractivity contribution in [2.24, 2.45) is 0 Å². The predicted molar refractivity (Wildman–Crippen MR) is 118 cm³/mol. The Kier molecular flexibility index (Phi) is 5.82. The first-order valence-electron chi connectivity index (χ1n) is 8.99. The molecule has 0 atom stereocenters. The first-order valence-corrected chi connectivity index (χ1v) is 12.8. The van der Waals surface area contributed by atoms with E-state index in [0.29, 0.717) is 5.69 Å². The summed E-state index contributed by atoms with van der Waals surface area (Å²) in [5.41, 5.74) is 0.298. The maximum Gasteiger partial charge on any atom is 0.291 e. The van der Waals surface area contributed by atoms with Crippen molar-refractivity contribution in [3.8, 4) is 0 Å². The Morgan fingerprint density at radius 3 is 2.25 bits per heavy atom. The molecule has 164 valence electrons. The van der Waals surface area contributed by atoms with E-state index in [1.165, 1.54) is 54.7 Å². The maximum absolute atomic E-state index is 12.6. The molecule has 0 fully saturated rings. The lowest BCUT2D eigenvalue weighted by Gasteiger charge is -2.07. The van der Waals surface area contributed by atoms with E-state index >= 15 is 0 Å². The zero-order chi connectivity index (χ0) is 22.8. The van der Waals surface area contributed by atoms with Crippen molar-refractivity contribution >= 4 is 47.9 Å². The molecule has 9 nitrogen and oxygen atoms in total. The molecule has 4 aromatic rings. The minimum absolute atomic E-state index is 0.0139. The van der Waals surface area contributed by atoms with E-state index in [9.17, 15) is 21.6 Å². The van der Waals surface area contributed by atoms with Gasteiger partial charge in [0.15, 0.2) is 10.9 Å². The third-order valence-electron chi connectivity index (χ3n) is 4.20. The van der Waals surface area contributed by atoms with Crippen LogP contribution < -0.4 is 10.0 Å². The van der Waals surface area contributed by atoms with E-state index < -0.39 is 25.8 Å². The van der Waals surface area contributed by atoms with Gasteiger partial charge in [-0.15, -0.1) is 11.3 Å². The first kappa shape index (κ1) is 21.7. The summed E-state index contributed by atoms with van der Waals surface area (Å²) in [5.74, 6) is -0.891. The van der Waals surface area contributed by atoms with Crippen LogP contribution >= 0.6 is 11.3 Å². The molecule has 4 rings (SSSR count). The molecule has 0 aliphatic carbocycles. The number of rotatable bonds is 7. The van der Waals surface area contributed by atoms with Crippen LogP contribution in [0.1, 0.15) is 10.6 Å². The van der Waals surface area contributed by atoms with E-state index in [-0.39, 0.29) is 25.8 Å². The number of hydrogen-bond acceptors (Lipinski definition) is 8. The van der Waals surface area contributed by atoms with Gasteiger partial charge in [-0.2, -0.15) is 0 Å². The SMILES string of the molecule is O=C(Nc1ccc(S(=O)(=O)Nc2nccs2)cc1)c1ccc(S(=O)(=O)c2ccccc2)o1. The first-order chi connectivity index (χ1) is 15.3. The second kappa shape index (κ2) is 8.57. The Bertz CT molecular complexity index is 1440. The van der Waals surface area contributed by atoms with E-state index in [1.54, 1.807) is 23.6 Å². The highest BCUT2D eigenvalue weighted by Gasteiger charge is 2.23. The summed E-state index contributed by atoms with van der Waals surface area (Å²) in [6.45, 7) is 0. The van der Waals surface area contributed by atoms with Gasteiger partial charge in [-0.3, -0.25) is 9.52 Å². The maximum atomic E-state index is 12.6. The fourth-order valence-corrected chi connectivity index (χ4v) is 5.64.